The van der Waals surface area contributed by atoms with Crippen molar-refractivity contribution < 1.29 is 0 Å². The number of nitrogens with zero attached hydrogens (tertiary/aromatic N) is 4. The van der Waals surface area contributed by atoms with Crippen LogP contribution in [0.5, 0.6) is 0 Å². The van der Waals surface area contributed by atoms with Crippen molar-refractivity contribution in [3.8, 4) is 34.5 Å². The van der Waals surface area contributed by atoms with Crippen LogP contribution in [-0.2, 0) is 12.2 Å². The van der Waals surface area contributed by atoms with Gasteiger partial charge in [-0.15, -0.1) is 11.3 Å². The Hall–Kier alpha value is -3.65. The Labute approximate surface area is 195 Å². The highest BCUT2D eigenvalue weighted by Gasteiger charge is 2.22. The summed E-state index contributed by atoms with van der Waals surface area (Å²) in [6, 6.07) is 22.2. The summed E-state index contributed by atoms with van der Waals surface area (Å²) < 4.78 is 0. The molecule has 0 bridgehead atoms. The second kappa shape index (κ2) is 9.65. The van der Waals surface area contributed by atoms with Gasteiger partial charge in [0.2, 0.25) is 0 Å². The summed E-state index contributed by atoms with van der Waals surface area (Å²) in [7, 11) is 0. The number of hydrogen-bond donors (Lipinski definition) is 1. The van der Waals surface area contributed by atoms with Crippen LogP contribution in [0.1, 0.15) is 28.6 Å². The minimum absolute atomic E-state index is 0.138. The number of anilines is 1. The molecule has 2 aromatic carbocycles. The number of thiazole rings is 1. The van der Waals surface area contributed by atoms with Gasteiger partial charge in [0, 0.05) is 16.5 Å². The molecule has 0 aliphatic carbocycles. The lowest BCUT2D eigenvalue weighted by molar-refractivity contribution is 1.10. The summed E-state index contributed by atoms with van der Waals surface area (Å²) in [6.07, 6.45) is 0.776. The molecule has 2 N–H and O–H groups in total. The van der Waals surface area contributed by atoms with Gasteiger partial charge >= 0.3 is 0 Å². The molecule has 0 fully saturated rings. The second-order valence-corrected chi connectivity index (χ2v) is 8.85. The molecule has 5 nitrogen and oxygen atoms in total. The van der Waals surface area contributed by atoms with Gasteiger partial charge < -0.3 is 5.73 Å². The third-order valence-electron chi connectivity index (χ3n) is 5.04. The lowest BCUT2D eigenvalue weighted by Crippen LogP contribution is -2.04. The van der Waals surface area contributed by atoms with E-state index in [9.17, 15) is 10.5 Å². The molecule has 4 aromatic rings. The number of nitriles is 2. The van der Waals surface area contributed by atoms with Crippen molar-refractivity contribution in [2.45, 2.75) is 24.1 Å². The first kappa shape index (κ1) is 21.6. The predicted molar refractivity (Wildman–Crippen MR) is 130 cm³/mol. The molecular weight excluding hydrogens is 434 g/mol. The van der Waals surface area contributed by atoms with Crippen LogP contribution in [-0.4, -0.2) is 9.97 Å². The molecular formula is C25H19N5S2. The summed E-state index contributed by atoms with van der Waals surface area (Å²) in [5, 5.41) is 23.2. The monoisotopic (exact) mass is 453 g/mol. The quantitative estimate of drug-likeness (QED) is 0.357. The first-order chi connectivity index (χ1) is 15.7. The zero-order valence-electron chi connectivity index (χ0n) is 17.4. The zero-order valence-corrected chi connectivity index (χ0v) is 19.0. The predicted octanol–water partition coefficient (Wildman–Crippen LogP) is 6.05. The number of aryl methyl sites for hydroxylation is 1. The van der Waals surface area contributed by atoms with Crippen molar-refractivity contribution in [2.24, 2.45) is 0 Å². The first-order valence-corrected chi connectivity index (χ1v) is 11.9. The van der Waals surface area contributed by atoms with Crippen LogP contribution in [0.15, 0.2) is 65.0 Å². The Morgan fingerprint density at radius 1 is 0.969 bits per heavy atom. The van der Waals surface area contributed by atoms with Crippen molar-refractivity contribution in [3.05, 3.63) is 81.7 Å². The van der Waals surface area contributed by atoms with Crippen LogP contribution in [0, 0.1) is 22.7 Å². The fraction of sp³-hybridized carbons (Fsp3) is 0.120. The third kappa shape index (κ3) is 4.22. The molecule has 32 heavy (non-hydrogen) atoms. The first-order valence-electron chi connectivity index (χ1n) is 10.0. The summed E-state index contributed by atoms with van der Waals surface area (Å²) in [5.74, 6) is 0.693. The topological polar surface area (TPSA) is 99.4 Å². The number of thioether (sulfide) groups is 1. The molecule has 0 aliphatic heterocycles. The smallest absolute Gasteiger partial charge is 0.143 e. The zero-order chi connectivity index (χ0) is 22.5. The van der Waals surface area contributed by atoms with Crippen molar-refractivity contribution >= 4 is 28.9 Å². The molecule has 2 heterocycles. The van der Waals surface area contributed by atoms with Gasteiger partial charge in [0.05, 0.1) is 17.0 Å². The largest absolute Gasteiger partial charge is 0.383 e. The fourth-order valence-corrected chi connectivity index (χ4v) is 5.31. The summed E-state index contributed by atoms with van der Waals surface area (Å²) in [4.78, 5) is 9.13. The standard InChI is InChI=1S/C25H19N5S2/c1-2-16-8-6-7-11-18(16)23-19(12-26)24(28)30-25(20(23)13-27)32-15-22-29-21(14-31-22)17-9-4-3-5-10-17/h3-11,14H,2,15H2,1H3,(H2,28,30). The third-order valence-corrected chi connectivity index (χ3v) is 7.06. The van der Waals surface area contributed by atoms with E-state index in [-0.39, 0.29) is 11.4 Å². The van der Waals surface area contributed by atoms with Gasteiger partial charge in [-0.1, -0.05) is 73.3 Å². The van der Waals surface area contributed by atoms with E-state index in [4.69, 9.17) is 10.7 Å². The number of aromatic nitrogens is 2. The molecule has 156 valence electrons. The number of rotatable bonds is 6. The molecule has 0 aliphatic rings. The molecule has 0 radical (unpaired) electrons. The van der Waals surface area contributed by atoms with E-state index < -0.39 is 0 Å². The maximum absolute atomic E-state index is 10.0. The van der Waals surface area contributed by atoms with Gasteiger partial charge in [-0.3, -0.25) is 0 Å². The van der Waals surface area contributed by atoms with Gasteiger partial charge in [-0.25, -0.2) is 9.97 Å². The van der Waals surface area contributed by atoms with Crippen LogP contribution < -0.4 is 5.73 Å². The average molecular weight is 454 g/mol. The van der Waals surface area contributed by atoms with E-state index in [1.807, 2.05) is 66.9 Å². The minimum Gasteiger partial charge on any atom is -0.383 e. The summed E-state index contributed by atoms with van der Waals surface area (Å²) in [6.45, 7) is 2.05. The lowest BCUT2D eigenvalue weighted by Gasteiger charge is -2.15. The minimum atomic E-state index is 0.138. The highest BCUT2D eigenvalue weighted by molar-refractivity contribution is 7.98. The second-order valence-electron chi connectivity index (χ2n) is 6.94. The van der Waals surface area contributed by atoms with Gasteiger partial charge in [0.1, 0.15) is 33.6 Å². The van der Waals surface area contributed by atoms with Crippen molar-refractivity contribution in [2.75, 3.05) is 5.73 Å². The molecule has 0 saturated heterocycles. The summed E-state index contributed by atoms with van der Waals surface area (Å²) >= 11 is 2.98. The van der Waals surface area contributed by atoms with E-state index in [0.717, 1.165) is 33.8 Å². The Morgan fingerprint density at radius 3 is 2.41 bits per heavy atom. The number of nitrogen functional groups attached to an aromatic ring is 1. The molecule has 7 heteroatoms. The molecule has 0 unspecified atom stereocenters. The molecule has 0 atom stereocenters. The van der Waals surface area contributed by atoms with E-state index in [1.165, 1.54) is 11.8 Å². The maximum Gasteiger partial charge on any atom is 0.143 e. The number of nitrogens with two attached hydrogens (primary N) is 1. The van der Waals surface area contributed by atoms with Gasteiger partial charge in [0.15, 0.2) is 0 Å². The van der Waals surface area contributed by atoms with E-state index in [2.05, 4.69) is 17.1 Å². The molecule has 0 spiro atoms. The molecule has 2 aromatic heterocycles. The maximum atomic E-state index is 10.0. The fourth-order valence-electron chi connectivity index (χ4n) is 3.49. The van der Waals surface area contributed by atoms with Crippen LogP contribution in [0.3, 0.4) is 0 Å². The normalized spacial score (nSPS) is 10.5. The number of benzene rings is 2. The average Bonchev–Trinajstić information content (AvgIpc) is 3.32. The molecule has 0 amide bonds. The Balaban J connectivity index is 1.72. The van der Waals surface area contributed by atoms with Gasteiger partial charge in [-0.05, 0) is 17.5 Å². The van der Waals surface area contributed by atoms with Crippen molar-refractivity contribution in [3.63, 3.8) is 0 Å². The Kier molecular flexibility index (Phi) is 6.51. The lowest BCUT2D eigenvalue weighted by atomic mass is 9.92. The van der Waals surface area contributed by atoms with E-state index in [1.54, 1.807) is 11.3 Å². The Morgan fingerprint density at radius 2 is 1.69 bits per heavy atom. The van der Waals surface area contributed by atoms with Crippen molar-refractivity contribution in [1.29, 1.82) is 10.5 Å². The molecule has 4 rings (SSSR count). The van der Waals surface area contributed by atoms with Crippen LogP contribution >= 0.6 is 23.1 Å². The van der Waals surface area contributed by atoms with Gasteiger partial charge in [-0.2, -0.15) is 10.5 Å². The molecule has 0 saturated carbocycles. The van der Waals surface area contributed by atoms with Crippen molar-refractivity contribution in [1.82, 2.24) is 9.97 Å². The van der Waals surface area contributed by atoms with Crippen LogP contribution in [0.2, 0.25) is 0 Å². The van der Waals surface area contributed by atoms with E-state index >= 15 is 0 Å². The summed E-state index contributed by atoms with van der Waals surface area (Å²) in [5.41, 5.74) is 11.2. The highest BCUT2D eigenvalue weighted by atomic mass is 32.2. The number of hydrogen-bond acceptors (Lipinski definition) is 7. The number of pyridine rings is 1. The SMILES string of the molecule is CCc1ccccc1-c1c(C#N)c(N)nc(SCc2nc(-c3ccccc3)cs2)c1C#N. The van der Waals surface area contributed by atoms with E-state index in [0.29, 0.717) is 21.9 Å². The highest BCUT2D eigenvalue weighted by Crippen LogP contribution is 2.38. The van der Waals surface area contributed by atoms with Gasteiger partial charge in [0.25, 0.3) is 0 Å². The van der Waals surface area contributed by atoms with Crippen LogP contribution in [0.4, 0.5) is 5.82 Å². The Bertz CT molecular complexity index is 1350. The van der Waals surface area contributed by atoms with Crippen LogP contribution in [0.25, 0.3) is 22.4 Å².